The van der Waals surface area contributed by atoms with E-state index in [1.54, 1.807) is 34.8 Å². The summed E-state index contributed by atoms with van der Waals surface area (Å²) in [5.41, 5.74) is 3.36. The van der Waals surface area contributed by atoms with Crippen LogP contribution in [-0.4, -0.2) is 22.2 Å². The van der Waals surface area contributed by atoms with Gasteiger partial charge >= 0.3 is 5.97 Å². The molecule has 1 aliphatic rings. The highest BCUT2D eigenvalue weighted by Crippen LogP contribution is 2.33. The molecule has 1 saturated carbocycles. The Labute approximate surface area is 219 Å². The molecule has 1 aliphatic carbocycles. The van der Waals surface area contributed by atoms with Crippen LogP contribution in [0.3, 0.4) is 0 Å². The van der Waals surface area contributed by atoms with Gasteiger partial charge < -0.3 is 9.84 Å². The molecule has 0 radical (unpaired) electrons. The van der Waals surface area contributed by atoms with Crippen molar-refractivity contribution in [2.45, 2.75) is 51.3 Å². The average Bonchev–Trinajstić information content (AvgIpc) is 3.60. The number of thiophene rings is 1. The number of carbonyl (C=O) groups is 1. The Morgan fingerprint density at radius 2 is 1.81 bits per heavy atom. The third-order valence-electron chi connectivity index (χ3n) is 6.72. The molecule has 2 aromatic heterocycles. The van der Waals surface area contributed by atoms with Gasteiger partial charge in [-0.2, -0.15) is 0 Å². The number of aromatic nitrogens is 1. The first-order valence-electron chi connectivity index (χ1n) is 12.4. The lowest BCUT2D eigenvalue weighted by Gasteiger charge is -2.26. The van der Waals surface area contributed by atoms with Gasteiger partial charge in [0.25, 0.3) is 0 Å². The molecule has 0 amide bonds. The lowest BCUT2D eigenvalue weighted by molar-refractivity contribution is 0.0697. The monoisotopic (exact) mass is 518 g/mol. The minimum absolute atomic E-state index is 0.0285. The van der Waals surface area contributed by atoms with Crippen LogP contribution in [0.4, 0.5) is 0 Å². The van der Waals surface area contributed by atoms with E-state index in [4.69, 9.17) is 14.8 Å². The molecule has 5 rings (SSSR count). The number of thiazole rings is 1. The van der Waals surface area contributed by atoms with E-state index in [1.165, 1.54) is 17.7 Å². The van der Waals surface area contributed by atoms with Crippen LogP contribution in [0.25, 0.3) is 11.3 Å². The molecule has 5 nitrogen and oxygen atoms in total. The van der Waals surface area contributed by atoms with Crippen LogP contribution in [0.15, 0.2) is 71.4 Å². The maximum atomic E-state index is 11.1. The van der Waals surface area contributed by atoms with Gasteiger partial charge in [0.15, 0.2) is 0 Å². The Morgan fingerprint density at radius 1 is 1.06 bits per heavy atom. The maximum absolute atomic E-state index is 11.1. The summed E-state index contributed by atoms with van der Waals surface area (Å²) in [6.45, 7) is 2.94. The van der Waals surface area contributed by atoms with E-state index < -0.39 is 5.97 Å². The molecular formula is C29H30N2O3S2. The molecule has 0 aliphatic heterocycles. The number of nitrogens with one attached hydrogen (secondary N) is 1. The van der Waals surface area contributed by atoms with Crippen molar-refractivity contribution in [3.8, 4) is 17.0 Å². The van der Waals surface area contributed by atoms with Gasteiger partial charge in [-0.05, 0) is 85.0 Å². The van der Waals surface area contributed by atoms with Crippen LogP contribution < -0.4 is 10.1 Å². The SMILES string of the molecule is CC1CCC(Oc2ccc(-c3csc(C(NCc4ccc(C(=O)O)cc4)c4cccs4)n3)cc2)CC1. The van der Waals surface area contributed by atoms with Gasteiger partial charge in [0.05, 0.1) is 23.4 Å². The number of nitrogens with zero attached hydrogens (tertiary/aromatic N) is 1. The summed E-state index contributed by atoms with van der Waals surface area (Å²) in [7, 11) is 0. The summed E-state index contributed by atoms with van der Waals surface area (Å²) < 4.78 is 6.22. The third-order valence-corrected chi connectivity index (χ3v) is 8.57. The molecule has 1 atom stereocenters. The summed E-state index contributed by atoms with van der Waals surface area (Å²) >= 11 is 3.35. The minimum atomic E-state index is -0.912. The summed E-state index contributed by atoms with van der Waals surface area (Å²) in [4.78, 5) is 17.3. The van der Waals surface area contributed by atoms with Crippen molar-refractivity contribution in [1.82, 2.24) is 10.3 Å². The van der Waals surface area contributed by atoms with Crippen LogP contribution in [-0.2, 0) is 6.54 Å². The summed E-state index contributed by atoms with van der Waals surface area (Å²) in [5, 5.41) is 17.9. The van der Waals surface area contributed by atoms with Crippen molar-refractivity contribution in [3.63, 3.8) is 0 Å². The zero-order valence-corrected chi connectivity index (χ0v) is 21.9. The first-order valence-corrected chi connectivity index (χ1v) is 14.1. The van der Waals surface area contributed by atoms with Gasteiger partial charge in [0.2, 0.25) is 0 Å². The summed E-state index contributed by atoms with van der Waals surface area (Å²) in [6.07, 6.45) is 5.10. The first-order chi connectivity index (χ1) is 17.5. The standard InChI is InChI=1S/C29H30N2O3S2/c1-19-4-12-23(13-5-19)34-24-14-10-21(11-15-24)25-18-36-28(31-25)27(26-3-2-16-35-26)30-17-20-6-8-22(9-7-20)29(32)33/h2-3,6-11,14-16,18-19,23,27,30H,4-5,12-13,17H2,1H3,(H,32,33). The molecule has 0 saturated heterocycles. The smallest absolute Gasteiger partial charge is 0.335 e. The average molecular weight is 519 g/mol. The van der Waals surface area contributed by atoms with Gasteiger partial charge in [0.1, 0.15) is 10.8 Å². The second-order valence-corrected chi connectivity index (χ2v) is 11.3. The topological polar surface area (TPSA) is 71.5 Å². The molecule has 1 fully saturated rings. The van der Waals surface area contributed by atoms with Crippen molar-refractivity contribution >= 4 is 28.6 Å². The van der Waals surface area contributed by atoms with E-state index in [0.29, 0.717) is 18.2 Å². The van der Waals surface area contributed by atoms with Gasteiger partial charge in [-0.3, -0.25) is 5.32 Å². The lowest BCUT2D eigenvalue weighted by Crippen LogP contribution is -2.22. The molecular weight excluding hydrogens is 488 g/mol. The van der Waals surface area contributed by atoms with E-state index in [1.807, 2.05) is 12.1 Å². The van der Waals surface area contributed by atoms with Crippen molar-refractivity contribution in [2.75, 3.05) is 0 Å². The highest BCUT2D eigenvalue weighted by Gasteiger charge is 2.21. The first kappa shape index (κ1) is 24.7. The molecule has 36 heavy (non-hydrogen) atoms. The van der Waals surface area contributed by atoms with Crippen molar-refractivity contribution in [2.24, 2.45) is 5.92 Å². The molecule has 4 aromatic rings. The Morgan fingerprint density at radius 3 is 2.47 bits per heavy atom. The number of hydrogen-bond acceptors (Lipinski definition) is 6. The molecule has 186 valence electrons. The van der Waals surface area contributed by atoms with Gasteiger partial charge in [-0.1, -0.05) is 25.1 Å². The second-order valence-electron chi connectivity index (χ2n) is 9.43. The van der Waals surface area contributed by atoms with Crippen LogP contribution in [0.5, 0.6) is 5.75 Å². The Bertz CT molecular complexity index is 1260. The quantitative estimate of drug-likeness (QED) is 0.241. The molecule has 0 bridgehead atoms. The van der Waals surface area contributed by atoms with Crippen LogP contribution in [0, 0.1) is 5.92 Å². The van der Waals surface area contributed by atoms with E-state index in [9.17, 15) is 4.79 Å². The molecule has 7 heteroatoms. The minimum Gasteiger partial charge on any atom is -0.490 e. The molecule has 0 spiro atoms. The number of rotatable bonds is 9. The fourth-order valence-electron chi connectivity index (χ4n) is 4.55. The number of carboxylic acid groups (broad SMARTS) is 1. The van der Waals surface area contributed by atoms with E-state index >= 15 is 0 Å². The number of hydrogen-bond donors (Lipinski definition) is 2. The van der Waals surface area contributed by atoms with Crippen LogP contribution in [0.2, 0.25) is 0 Å². The van der Waals surface area contributed by atoms with Crippen LogP contribution >= 0.6 is 22.7 Å². The fourth-order valence-corrected chi connectivity index (χ4v) is 6.34. The molecule has 2 heterocycles. The van der Waals surface area contributed by atoms with E-state index in [0.717, 1.165) is 46.3 Å². The second kappa shape index (κ2) is 11.4. The summed E-state index contributed by atoms with van der Waals surface area (Å²) in [5.74, 6) is 0.835. The van der Waals surface area contributed by atoms with Crippen LogP contribution in [0.1, 0.15) is 64.5 Å². The van der Waals surface area contributed by atoms with Gasteiger partial charge in [-0.15, -0.1) is 22.7 Å². The molecule has 1 unspecified atom stereocenters. The van der Waals surface area contributed by atoms with Gasteiger partial charge in [0, 0.05) is 22.4 Å². The number of carboxylic acids is 1. The highest BCUT2D eigenvalue weighted by molar-refractivity contribution is 7.11. The lowest BCUT2D eigenvalue weighted by atomic mass is 9.89. The third kappa shape index (κ3) is 6.03. The summed E-state index contributed by atoms with van der Waals surface area (Å²) in [6, 6.07) is 19.4. The zero-order valence-electron chi connectivity index (χ0n) is 20.2. The Hall–Kier alpha value is -3.00. The predicted octanol–water partition coefficient (Wildman–Crippen LogP) is 7.41. The van der Waals surface area contributed by atoms with Crippen molar-refractivity contribution < 1.29 is 14.6 Å². The Balaban J connectivity index is 1.27. The Kier molecular flexibility index (Phi) is 7.80. The number of ether oxygens (including phenoxy) is 1. The predicted molar refractivity (Wildman–Crippen MR) is 146 cm³/mol. The maximum Gasteiger partial charge on any atom is 0.335 e. The zero-order chi connectivity index (χ0) is 24.9. The van der Waals surface area contributed by atoms with Crippen molar-refractivity contribution in [3.05, 3.63) is 92.4 Å². The van der Waals surface area contributed by atoms with Crippen molar-refractivity contribution in [1.29, 1.82) is 0 Å². The van der Waals surface area contributed by atoms with E-state index in [-0.39, 0.29) is 6.04 Å². The molecule has 2 aromatic carbocycles. The number of benzene rings is 2. The highest BCUT2D eigenvalue weighted by atomic mass is 32.1. The molecule has 2 N–H and O–H groups in total. The number of aromatic carboxylic acids is 1. The van der Waals surface area contributed by atoms with Gasteiger partial charge in [-0.25, -0.2) is 9.78 Å². The normalized spacial score (nSPS) is 18.6. The largest absolute Gasteiger partial charge is 0.490 e. The van der Waals surface area contributed by atoms with E-state index in [2.05, 4.69) is 59.4 Å². The fraction of sp³-hybridized carbons (Fsp3) is 0.310.